The molecular formula is C22H37N7O2. The number of nitrogens with zero attached hydrogens (tertiary/aromatic N) is 3. The molecule has 0 bridgehead atoms. The molecule has 0 spiro atoms. The van der Waals surface area contributed by atoms with Crippen molar-refractivity contribution in [2.24, 2.45) is 11.7 Å². The Morgan fingerprint density at radius 1 is 1.10 bits per heavy atom. The van der Waals surface area contributed by atoms with E-state index in [0.717, 1.165) is 58.2 Å². The van der Waals surface area contributed by atoms with Gasteiger partial charge >= 0.3 is 11.7 Å². The average molecular weight is 432 g/mol. The minimum Gasteiger partial charge on any atom is -0.328 e. The van der Waals surface area contributed by atoms with Crippen molar-refractivity contribution in [1.82, 2.24) is 25.1 Å². The molecule has 1 aromatic heterocycles. The first-order chi connectivity index (χ1) is 15.1. The summed E-state index contributed by atoms with van der Waals surface area (Å²) in [6.45, 7) is 3.96. The molecule has 2 saturated carbocycles. The third-order valence-electron chi connectivity index (χ3n) is 7.15. The van der Waals surface area contributed by atoms with E-state index >= 15 is 0 Å². The number of hydrogen-bond donors (Lipinski definition) is 4. The van der Waals surface area contributed by atoms with Gasteiger partial charge in [0, 0.05) is 50.5 Å². The molecule has 9 heteroatoms. The molecule has 31 heavy (non-hydrogen) atoms. The van der Waals surface area contributed by atoms with E-state index in [4.69, 9.17) is 5.73 Å². The Kier molecular flexibility index (Phi) is 7.58. The number of hydrogen-bond acceptors (Lipinski definition) is 6. The second-order valence-electron chi connectivity index (χ2n) is 9.36. The first-order valence-corrected chi connectivity index (χ1v) is 11.9. The first-order valence-electron chi connectivity index (χ1n) is 11.9. The Balaban J connectivity index is 1.24. The number of nitrogens with one attached hydrogen (secondary N) is 3. The zero-order chi connectivity index (χ0) is 21.6. The molecule has 2 amide bonds. The van der Waals surface area contributed by atoms with Crippen molar-refractivity contribution in [1.29, 1.82) is 0 Å². The molecule has 0 radical (unpaired) electrons. The number of nitrogens with two attached hydrogens (primary N) is 1. The van der Waals surface area contributed by atoms with E-state index < -0.39 is 0 Å². The van der Waals surface area contributed by atoms with Crippen LogP contribution in [-0.4, -0.2) is 65.3 Å². The van der Waals surface area contributed by atoms with Gasteiger partial charge in [0.1, 0.15) is 5.82 Å². The van der Waals surface area contributed by atoms with E-state index in [-0.39, 0.29) is 17.8 Å². The highest BCUT2D eigenvalue weighted by atomic mass is 16.2. The number of amides is 2. The molecule has 3 fully saturated rings. The van der Waals surface area contributed by atoms with Crippen LogP contribution in [0.5, 0.6) is 0 Å². The van der Waals surface area contributed by atoms with E-state index in [9.17, 15) is 9.59 Å². The fraction of sp³-hybridized carbons (Fsp3) is 0.773. The van der Waals surface area contributed by atoms with Crippen molar-refractivity contribution in [3.8, 4) is 0 Å². The quantitative estimate of drug-likeness (QED) is 0.558. The Hall–Kier alpha value is -1.97. The summed E-state index contributed by atoms with van der Waals surface area (Å²) in [4.78, 5) is 30.8. The van der Waals surface area contributed by atoms with Crippen LogP contribution in [0.1, 0.15) is 57.4 Å². The van der Waals surface area contributed by atoms with E-state index in [0.29, 0.717) is 36.9 Å². The van der Waals surface area contributed by atoms with Gasteiger partial charge in [0.2, 0.25) is 0 Å². The predicted octanol–water partition coefficient (Wildman–Crippen LogP) is 1.27. The van der Waals surface area contributed by atoms with Crippen LogP contribution < -0.4 is 27.4 Å². The van der Waals surface area contributed by atoms with Crippen LogP contribution in [0.2, 0.25) is 0 Å². The highest BCUT2D eigenvalue weighted by Gasteiger charge is 2.25. The Morgan fingerprint density at radius 2 is 1.81 bits per heavy atom. The van der Waals surface area contributed by atoms with Crippen molar-refractivity contribution in [3.05, 3.63) is 22.7 Å². The number of rotatable bonds is 5. The SMILES string of the molecule is N[C@H]1CC[C@H](NC[C@H]2CC[C@H](n3ccc(NC(=O)N4CCNCC4)nc3=O)CC2)CC1. The van der Waals surface area contributed by atoms with Gasteiger partial charge < -0.3 is 21.3 Å². The minimum atomic E-state index is -0.279. The number of aromatic nitrogens is 2. The fourth-order valence-electron chi connectivity index (χ4n) is 5.10. The zero-order valence-electron chi connectivity index (χ0n) is 18.4. The van der Waals surface area contributed by atoms with Crippen LogP contribution >= 0.6 is 0 Å². The molecule has 9 nitrogen and oxygen atoms in total. The summed E-state index contributed by atoms with van der Waals surface area (Å²) in [6, 6.07) is 2.75. The van der Waals surface area contributed by atoms with Gasteiger partial charge in [0.15, 0.2) is 0 Å². The summed E-state index contributed by atoms with van der Waals surface area (Å²) in [6.07, 6.45) is 10.7. The lowest BCUT2D eigenvalue weighted by Gasteiger charge is -2.32. The van der Waals surface area contributed by atoms with Crippen molar-refractivity contribution < 1.29 is 4.79 Å². The van der Waals surface area contributed by atoms with Crippen LogP contribution in [0.25, 0.3) is 0 Å². The lowest BCUT2D eigenvalue weighted by molar-refractivity contribution is 0.203. The second-order valence-corrected chi connectivity index (χ2v) is 9.36. The highest BCUT2D eigenvalue weighted by Crippen LogP contribution is 2.31. The molecule has 172 valence electrons. The summed E-state index contributed by atoms with van der Waals surface area (Å²) >= 11 is 0. The monoisotopic (exact) mass is 431 g/mol. The number of anilines is 1. The van der Waals surface area contributed by atoms with Gasteiger partial charge in [-0.25, -0.2) is 9.59 Å². The summed E-state index contributed by atoms with van der Waals surface area (Å²) in [5.41, 5.74) is 5.72. The van der Waals surface area contributed by atoms with Gasteiger partial charge in [0.05, 0.1) is 0 Å². The third-order valence-corrected chi connectivity index (χ3v) is 7.15. The Bertz CT molecular complexity index is 776. The van der Waals surface area contributed by atoms with Crippen molar-refractivity contribution in [2.45, 2.75) is 69.5 Å². The van der Waals surface area contributed by atoms with Gasteiger partial charge in [-0.05, 0) is 69.9 Å². The van der Waals surface area contributed by atoms with Gasteiger partial charge in [-0.3, -0.25) is 9.88 Å². The standard InChI is InChI=1S/C22H37N7O2/c23-17-3-5-18(6-4-17)25-15-16-1-7-19(8-2-16)29-12-9-20(27-22(29)31)26-21(30)28-13-10-24-11-14-28/h9,12,16-19,24-25H,1-8,10-11,13-15,23H2,(H,26,27,30,31)/t16-,17-,18-,19-. The molecule has 0 unspecified atom stereocenters. The topological polar surface area (TPSA) is 117 Å². The summed E-state index contributed by atoms with van der Waals surface area (Å²) in [5.74, 6) is 1.00. The minimum absolute atomic E-state index is 0.195. The fourth-order valence-corrected chi connectivity index (χ4v) is 5.10. The van der Waals surface area contributed by atoms with E-state index in [1.165, 1.54) is 12.8 Å². The molecule has 1 aromatic rings. The summed E-state index contributed by atoms with van der Waals surface area (Å²) in [5, 5.41) is 9.72. The molecule has 0 atom stereocenters. The maximum Gasteiger partial charge on any atom is 0.349 e. The molecule has 2 heterocycles. The van der Waals surface area contributed by atoms with Crippen molar-refractivity contribution in [3.63, 3.8) is 0 Å². The molecule has 1 saturated heterocycles. The molecule has 5 N–H and O–H groups in total. The third kappa shape index (κ3) is 6.05. The number of piperazine rings is 1. The van der Waals surface area contributed by atoms with Crippen LogP contribution in [0.15, 0.2) is 17.1 Å². The van der Waals surface area contributed by atoms with Gasteiger partial charge in [-0.1, -0.05) is 0 Å². The van der Waals surface area contributed by atoms with Gasteiger partial charge in [-0.2, -0.15) is 4.98 Å². The maximum atomic E-state index is 12.6. The van der Waals surface area contributed by atoms with E-state index in [1.807, 2.05) is 0 Å². The maximum absolute atomic E-state index is 12.6. The molecule has 2 aliphatic carbocycles. The lowest BCUT2D eigenvalue weighted by Crippen LogP contribution is -2.48. The zero-order valence-corrected chi connectivity index (χ0v) is 18.4. The number of urea groups is 1. The average Bonchev–Trinajstić information content (AvgIpc) is 2.80. The molecule has 4 rings (SSSR count). The van der Waals surface area contributed by atoms with Crippen molar-refractivity contribution in [2.75, 3.05) is 38.0 Å². The summed E-state index contributed by atoms with van der Waals surface area (Å²) < 4.78 is 1.74. The Labute approximate surface area is 184 Å². The smallest absolute Gasteiger partial charge is 0.328 e. The normalized spacial score (nSPS) is 29.5. The van der Waals surface area contributed by atoms with E-state index in [1.54, 1.807) is 21.7 Å². The van der Waals surface area contributed by atoms with Crippen LogP contribution in [0.4, 0.5) is 10.6 Å². The molecule has 0 aromatic carbocycles. The Morgan fingerprint density at radius 3 is 2.48 bits per heavy atom. The largest absolute Gasteiger partial charge is 0.349 e. The van der Waals surface area contributed by atoms with Gasteiger partial charge in [0.25, 0.3) is 0 Å². The lowest BCUT2D eigenvalue weighted by atomic mass is 9.85. The van der Waals surface area contributed by atoms with Crippen LogP contribution in [0.3, 0.4) is 0 Å². The summed E-state index contributed by atoms with van der Waals surface area (Å²) in [7, 11) is 0. The first kappa shape index (κ1) is 22.2. The predicted molar refractivity (Wildman–Crippen MR) is 121 cm³/mol. The van der Waals surface area contributed by atoms with Crippen molar-refractivity contribution >= 4 is 11.8 Å². The van der Waals surface area contributed by atoms with Crippen LogP contribution in [-0.2, 0) is 0 Å². The number of carbonyl (C=O) groups excluding carboxylic acids is 1. The second kappa shape index (κ2) is 10.6. The van der Waals surface area contributed by atoms with E-state index in [2.05, 4.69) is 20.9 Å². The molecule has 3 aliphatic rings. The van der Waals surface area contributed by atoms with Gasteiger partial charge in [-0.15, -0.1) is 0 Å². The highest BCUT2D eigenvalue weighted by molar-refractivity contribution is 5.88. The molecule has 1 aliphatic heterocycles. The van der Waals surface area contributed by atoms with Crippen LogP contribution in [0, 0.1) is 5.92 Å². The molecular weight excluding hydrogens is 394 g/mol. The number of carbonyl (C=O) groups is 1.